The van der Waals surface area contributed by atoms with Crippen molar-refractivity contribution in [3.63, 3.8) is 0 Å². The summed E-state index contributed by atoms with van der Waals surface area (Å²) in [5.74, 6) is 4.66. The third-order valence-corrected chi connectivity index (χ3v) is 1.81. The Morgan fingerprint density at radius 3 is 2.83 bits per heavy atom. The second-order valence-corrected chi connectivity index (χ2v) is 2.87. The monoisotopic (exact) mass is 184 g/mol. The van der Waals surface area contributed by atoms with Gasteiger partial charge < -0.3 is 0 Å². The average Bonchev–Trinajstić information content (AvgIpc) is 2.08. The van der Waals surface area contributed by atoms with E-state index in [1.807, 2.05) is 6.92 Å². The number of benzene rings is 1. The van der Waals surface area contributed by atoms with E-state index in [2.05, 4.69) is 5.43 Å². The van der Waals surface area contributed by atoms with E-state index in [0.29, 0.717) is 10.6 Å². The molecule has 0 saturated carbocycles. The van der Waals surface area contributed by atoms with Gasteiger partial charge in [0.05, 0.1) is 0 Å². The van der Waals surface area contributed by atoms with Gasteiger partial charge in [-0.25, -0.2) is 5.84 Å². The fourth-order valence-electron chi connectivity index (χ4n) is 0.917. The second kappa shape index (κ2) is 3.56. The molecule has 12 heavy (non-hydrogen) atoms. The quantitative estimate of drug-likeness (QED) is 0.392. The molecule has 0 heterocycles. The molecule has 0 radical (unpaired) electrons. The lowest BCUT2D eigenvalue weighted by molar-refractivity contribution is 0.0953. The summed E-state index contributed by atoms with van der Waals surface area (Å²) in [6, 6.07) is 5.08. The first-order valence-electron chi connectivity index (χ1n) is 3.42. The summed E-state index contributed by atoms with van der Waals surface area (Å²) < 4.78 is 0. The maximum Gasteiger partial charge on any atom is 0.265 e. The number of aryl methyl sites for hydroxylation is 1. The molecule has 0 spiro atoms. The first-order valence-corrected chi connectivity index (χ1v) is 3.80. The van der Waals surface area contributed by atoms with E-state index >= 15 is 0 Å². The minimum absolute atomic E-state index is 0.324. The molecule has 4 heteroatoms. The van der Waals surface area contributed by atoms with E-state index in [9.17, 15) is 4.79 Å². The van der Waals surface area contributed by atoms with E-state index in [1.165, 1.54) is 0 Å². The summed E-state index contributed by atoms with van der Waals surface area (Å²) in [4.78, 5) is 11.1. The van der Waals surface area contributed by atoms with Gasteiger partial charge in [0, 0.05) is 10.6 Å². The number of carbonyl (C=O) groups is 1. The normalized spacial score (nSPS) is 9.58. The number of amides is 1. The summed E-state index contributed by atoms with van der Waals surface area (Å²) in [6.45, 7) is 1.82. The Balaban J connectivity index is 3.13. The van der Waals surface area contributed by atoms with E-state index < -0.39 is 0 Å². The van der Waals surface area contributed by atoms with Crippen LogP contribution in [0.5, 0.6) is 0 Å². The highest BCUT2D eigenvalue weighted by molar-refractivity contribution is 6.31. The molecular weight excluding hydrogens is 176 g/mol. The molecule has 0 unspecified atom stereocenters. The molecule has 0 aliphatic rings. The first-order chi connectivity index (χ1) is 5.65. The molecule has 0 saturated heterocycles. The summed E-state index contributed by atoms with van der Waals surface area (Å²) in [5.41, 5.74) is 3.41. The molecule has 3 N–H and O–H groups in total. The van der Waals surface area contributed by atoms with Crippen LogP contribution in [0.3, 0.4) is 0 Å². The SMILES string of the molecule is Cc1ccc(Cl)cc1C(=O)NN. The Morgan fingerprint density at radius 2 is 2.25 bits per heavy atom. The topological polar surface area (TPSA) is 55.1 Å². The van der Waals surface area contributed by atoms with Crippen LogP contribution in [-0.2, 0) is 0 Å². The Bertz CT molecular complexity index is 312. The largest absolute Gasteiger partial charge is 0.290 e. The van der Waals surface area contributed by atoms with E-state index in [0.717, 1.165) is 5.56 Å². The van der Waals surface area contributed by atoms with Crippen LogP contribution >= 0.6 is 11.6 Å². The fraction of sp³-hybridized carbons (Fsp3) is 0.125. The number of hydrazine groups is 1. The maximum atomic E-state index is 11.1. The van der Waals surface area contributed by atoms with Crippen LogP contribution in [-0.4, -0.2) is 5.91 Å². The molecule has 3 nitrogen and oxygen atoms in total. The number of rotatable bonds is 1. The van der Waals surface area contributed by atoms with Crippen molar-refractivity contribution >= 4 is 17.5 Å². The van der Waals surface area contributed by atoms with Crippen LogP contribution in [0.4, 0.5) is 0 Å². The van der Waals surface area contributed by atoms with Gasteiger partial charge in [-0.15, -0.1) is 0 Å². The van der Waals surface area contributed by atoms with Crippen LogP contribution in [0.25, 0.3) is 0 Å². The third-order valence-electron chi connectivity index (χ3n) is 1.58. The van der Waals surface area contributed by atoms with Gasteiger partial charge in [-0.1, -0.05) is 17.7 Å². The number of nitrogen functional groups attached to an aromatic ring is 1. The van der Waals surface area contributed by atoms with E-state index in [1.54, 1.807) is 18.2 Å². The minimum atomic E-state index is -0.324. The Morgan fingerprint density at radius 1 is 1.58 bits per heavy atom. The van der Waals surface area contributed by atoms with Crippen molar-refractivity contribution in [3.05, 3.63) is 34.3 Å². The van der Waals surface area contributed by atoms with Crippen molar-refractivity contribution in [2.45, 2.75) is 6.92 Å². The lowest BCUT2D eigenvalue weighted by Gasteiger charge is -2.03. The van der Waals surface area contributed by atoms with Gasteiger partial charge in [-0.3, -0.25) is 10.2 Å². The first kappa shape index (κ1) is 9.03. The molecule has 0 aliphatic carbocycles. The molecule has 0 aromatic heterocycles. The predicted molar refractivity (Wildman–Crippen MR) is 47.8 cm³/mol. The summed E-state index contributed by atoms with van der Waals surface area (Å²) in [5, 5.41) is 0.527. The molecule has 1 aromatic carbocycles. The van der Waals surface area contributed by atoms with Crippen LogP contribution in [0.15, 0.2) is 18.2 Å². The van der Waals surface area contributed by atoms with Gasteiger partial charge in [-0.05, 0) is 24.6 Å². The van der Waals surface area contributed by atoms with Crippen LogP contribution < -0.4 is 11.3 Å². The number of halogens is 1. The number of hydrogen-bond donors (Lipinski definition) is 2. The molecule has 64 valence electrons. The fourth-order valence-corrected chi connectivity index (χ4v) is 1.09. The Kier molecular flexibility index (Phi) is 2.68. The second-order valence-electron chi connectivity index (χ2n) is 2.43. The van der Waals surface area contributed by atoms with Gasteiger partial charge in [-0.2, -0.15) is 0 Å². The molecule has 1 amide bonds. The molecule has 0 aliphatic heterocycles. The predicted octanol–water partition coefficient (Wildman–Crippen LogP) is 1.25. The molecule has 1 aromatic rings. The molecule has 1 rings (SSSR count). The van der Waals surface area contributed by atoms with Gasteiger partial charge in [0.25, 0.3) is 5.91 Å². The maximum absolute atomic E-state index is 11.1. The van der Waals surface area contributed by atoms with Crippen molar-refractivity contribution < 1.29 is 4.79 Å². The minimum Gasteiger partial charge on any atom is -0.290 e. The number of carbonyl (C=O) groups excluding carboxylic acids is 1. The van der Waals surface area contributed by atoms with Crippen LogP contribution in [0.2, 0.25) is 5.02 Å². The van der Waals surface area contributed by atoms with Crippen molar-refractivity contribution in [3.8, 4) is 0 Å². The number of nitrogens with two attached hydrogens (primary N) is 1. The highest BCUT2D eigenvalue weighted by atomic mass is 35.5. The third kappa shape index (κ3) is 1.75. The van der Waals surface area contributed by atoms with Crippen LogP contribution in [0.1, 0.15) is 15.9 Å². The zero-order chi connectivity index (χ0) is 9.14. The molecule has 0 fully saturated rings. The van der Waals surface area contributed by atoms with Gasteiger partial charge >= 0.3 is 0 Å². The zero-order valence-corrected chi connectivity index (χ0v) is 7.35. The highest BCUT2D eigenvalue weighted by Gasteiger charge is 2.06. The Hall–Kier alpha value is -1.06. The Labute approximate surface area is 75.5 Å². The lowest BCUT2D eigenvalue weighted by Crippen LogP contribution is -2.30. The number of nitrogens with one attached hydrogen (secondary N) is 1. The summed E-state index contributed by atoms with van der Waals surface area (Å²) in [6.07, 6.45) is 0. The van der Waals surface area contributed by atoms with Gasteiger partial charge in [0.1, 0.15) is 0 Å². The van der Waals surface area contributed by atoms with Crippen molar-refractivity contribution in [2.24, 2.45) is 5.84 Å². The smallest absolute Gasteiger partial charge is 0.265 e. The average molecular weight is 185 g/mol. The standard InChI is InChI=1S/C8H9ClN2O/c1-5-2-3-6(9)4-7(5)8(12)11-10/h2-4H,10H2,1H3,(H,11,12). The lowest BCUT2D eigenvalue weighted by atomic mass is 10.1. The molecular formula is C8H9ClN2O. The number of hydrogen-bond acceptors (Lipinski definition) is 2. The van der Waals surface area contributed by atoms with Gasteiger partial charge in [0.2, 0.25) is 0 Å². The van der Waals surface area contributed by atoms with E-state index in [-0.39, 0.29) is 5.91 Å². The summed E-state index contributed by atoms with van der Waals surface area (Å²) in [7, 11) is 0. The zero-order valence-electron chi connectivity index (χ0n) is 6.60. The highest BCUT2D eigenvalue weighted by Crippen LogP contribution is 2.14. The van der Waals surface area contributed by atoms with Crippen molar-refractivity contribution in [2.75, 3.05) is 0 Å². The summed E-state index contributed by atoms with van der Waals surface area (Å²) >= 11 is 5.70. The van der Waals surface area contributed by atoms with Crippen molar-refractivity contribution in [1.82, 2.24) is 5.43 Å². The van der Waals surface area contributed by atoms with Gasteiger partial charge in [0.15, 0.2) is 0 Å². The molecule has 0 atom stereocenters. The van der Waals surface area contributed by atoms with Crippen LogP contribution in [0, 0.1) is 6.92 Å². The molecule has 0 bridgehead atoms. The van der Waals surface area contributed by atoms with E-state index in [4.69, 9.17) is 17.4 Å². The van der Waals surface area contributed by atoms with Crippen molar-refractivity contribution in [1.29, 1.82) is 0 Å².